The maximum Gasteiger partial charge on any atom is 0.265 e. The van der Waals surface area contributed by atoms with Gasteiger partial charge in [-0.3, -0.25) is 15.0 Å². The lowest BCUT2D eigenvalue weighted by molar-refractivity contribution is -0.114. The van der Waals surface area contributed by atoms with Gasteiger partial charge in [-0.15, -0.1) is 0 Å². The van der Waals surface area contributed by atoms with Crippen LogP contribution in [0.2, 0.25) is 0 Å². The molecule has 2 aromatic carbocycles. The number of benzene rings is 2. The first-order chi connectivity index (χ1) is 11.1. The number of hydrazine groups is 1. The fraction of sp³-hybridized carbons (Fsp3) is 0.222. The summed E-state index contributed by atoms with van der Waals surface area (Å²) in [5.41, 5.74) is 8.92. The second-order valence-corrected chi connectivity index (χ2v) is 5.22. The average molecular weight is 311 g/mol. The lowest BCUT2D eigenvalue weighted by Gasteiger charge is -2.08. The van der Waals surface area contributed by atoms with Crippen LogP contribution in [0, 0.1) is 0 Å². The van der Waals surface area contributed by atoms with Crippen molar-refractivity contribution in [2.75, 3.05) is 11.9 Å². The fourth-order valence-electron chi connectivity index (χ4n) is 2.10. The van der Waals surface area contributed by atoms with Gasteiger partial charge in [0.15, 0.2) is 0 Å². The molecule has 0 spiro atoms. The predicted octanol–water partition coefficient (Wildman–Crippen LogP) is 2.96. The second kappa shape index (κ2) is 8.10. The van der Waals surface area contributed by atoms with Crippen LogP contribution in [-0.4, -0.2) is 18.4 Å². The zero-order valence-corrected chi connectivity index (χ0v) is 13.3. The highest BCUT2D eigenvalue weighted by Crippen LogP contribution is 2.22. The minimum absolute atomic E-state index is 0.0928. The van der Waals surface area contributed by atoms with Crippen molar-refractivity contribution in [1.29, 1.82) is 0 Å². The Hall–Kier alpha value is -2.66. The van der Waals surface area contributed by atoms with Crippen LogP contribution in [0.1, 0.15) is 30.6 Å². The van der Waals surface area contributed by atoms with Crippen molar-refractivity contribution in [2.24, 2.45) is 0 Å². The molecule has 2 rings (SSSR count). The van der Waals surface area contributed by atoms with E-state index in [4.69, 9.17) is 0 Å². The van der Waals surface area contributed by atoms with Gasteiger partial charge in [-0.25, -0.2) is 5.43 Å². The molecule has 0 fully saturated rings. The number of anilines is 1. The van der Waals surface area contributed by atoms with Gasteiger partial charge in [0, 0.05) is 24.7 Å². The van der Waals surface area contributed by atoms with Gasteiger partial charge in [-0.2, -0.15) is 0 Å². The summed E-state index contributed by atoms with van der Waals surface area (Å²) >= 11 is 0. The quantitative estimate of drug-likeness (QED) is 0.567. The maximum absolute atomic E-state index is 11.9. The van der Waals surface area contributed by atoms with Crippen molar-refractivity contribution in [3.8, 4) is 11.1 Å². The highest BCUT2D eigenvalue weighted by atomic mass is 16.2. The average Bonchev–Trinajstić information content (AvgIpc) is 2.55. The molecule has 0 bridgehead atoms. The van der Waals surface area contributed by atoms with Gasteiger partial charge in [0.1, 0.15) is 0 Å². The number of amides is 2. The van der Waals surface area contributed by atoms with Crippen LogP contribution in [0.15, 0.2) is 48.5 Å². The molecule has 0 aromatic heterocycles. The van der Waals surface area contributed by atoms with Crippen LogP contribution in [-0.2, 0) is 4.79 Å². The summed E-state index contributed by atoms with van der Waals surface area (Å²) in [7, 11) is 0. The van der Waals surface area contributed by atoms with Gasteiger partial charge in [0.2, 0.25) is 5.91 Å². The lowest BCUT2D eigenvalue weighted by atomic mass is 10.0. The molecule has 5 nitrogen and oxygen atoms in total. The highest BCUT2D eigenvalue weighted by molar-refractivity contribution is 5.94. The lowest BCUT2D eigenvalue weighted by Crippen LogP contribution is -2.37. The summed E-state index contributed by atoms with van der Waals surface area (Å²) in [4.78, 5) is 22.9. The highest BCUT2D eigenvalue weighted by Gasteiger charge is 2.05. The fourth-order valence-corrected chi connectivity index (χ4v) is 2.10. The summed E-state index contributed by atoms with van der Waals surface area (Å²) in [6, 6.07) is 15.0. The van der Waals surface area contributed by atoms with E-state index >= 15 is 0 Å². The van der Waals surface area contributed by atoms with Crippen LogP contribution in [0.25, 0.3) is 11.1 Å². The third-order valence-corrected chi connectivity index (χ3v) is 3.26. The van der Waals surface area contributed by atoms with Crippen LogP contribution in [0.4, 0.5) is 5.69 Å². The molecular weight excluding hydrogens is 290 g/mol. The van der Waals surface area contributed by atoms with Crippen molar-refractivity contribution >= 4 is 17.5 Å². The van der Waals surface area contributed by atoms with E-state index in [0.717, 1.165) is 29.8 Å². The van der Waals surface area contributed by atoms with Crippen LogP contribution in [0.5, 0.6) is 0 Å². The van der Waals surface area contributed by atoms with Crippen molar-refractivity contribution in [3.63, 3.8) is 0 Å². The Kier molecular flexibility index (Phi) is 5.88. The number of carbonyl (C=O) groups excluding carboxylic acids is 2. The predicted molar refractivity (Wildman–Crippen MR) is 91.9 cm³/mol. The zero-order chi connectivity index (χ0) is 16.7. The minimum Gasteiger partial charge on any atom is -0.326 e. The molecule has 3 N–H and O–H groups in total. The Bertz CT molecular complexity index is 664. The molecule has 0 radical (unpaired) electrons. The van der Waals surface area contributed by atoms with Crippen molar-refractivity contribution in [3.05, 3.63) is 54.1 Å². The molecule has 0 unspecified atom stereocenters. The van der Waals surface area contributed by atoms with Crippen LogP contribution < -0.4 is 16.2 Å². The molecule has 0 aliphatic carbocycles. The van der Waals surface area contributed by atoms with Crippen molar-refractivity contribution < 1.29 is 9.59 Å². The van der Waals surface area contributed by atoms with Gasteiger partial charge in [-0.1, -0.05) is 31.2 Å². The van der Waals surface area contributed by atoms with Crippen molar-refractivity contribution in [1.82, 2.24) is 10.9 Å². The summed E-state index contributed by atoms with van der Waals surface area (Å²) in [5.74, 6) is -0.240. The Labute approximate surface area is 136 Å². The monoisotopic (exact) mass is 311 g/mol. The third kappa shape index (κ3) is 4.93. The first kappa shape index (κ1) is 16.7. The van der Waals surface area contributed by atoms with E-state index in [9.17, 15) is 9.59 Å². The van der Waals surface area contributed by atoms with Crippen LogP contribution in [0.3, 0.4) is 0 Å². The number of rotatable bonds is 6. The smallest absolute Gasteiger partial charge is 0.265 e. The van der Waals surface area contributed by atoms with Crippen molar-refractivity contribution in [2.45, 2.75) is 20.3 Å². The number of hydrogen-bond donors (Lipinski definition) is 3. The molecule has 0 heterocycles. The minimum atomic E-state index is -0.147. The summed E-state index contributed by atoms with van der Waals surface area (Å²) in [6.07, 6.45) is 0.952. The maximum atomic E-state index is 11.9. The number of carbonyl (C=O) groups is 2. The number of hydrogen-bond acceptors (Lipinski definition) is 3. The molecule has 2 amide bonds. The molecular formula is C18H21N3O2. The molecule has 2 aromatic rings. The summed E-state index contributed by atoms with van der Waals surface area (Å²) < 4.78 is 0. The molecule has 5 heteroatoms. The van der Waals surface area contributed by atoms with E-state index < -0.39 is 0 Å². The largest absolute Gasteiger partial charge is 0.326 e. The van der Waals surface area contributed by atoms with Gasteiger partial charge in [0.05, 0.1) is 0 Å². The van der Waals surface area contributed by atoms with E-state index in [-0.39, 0.29) is 11.8 Å². The summed E-state index contributed by atoms with van der Waals surface area (Å²) in [6.45, 7) is 4.25. The molecule has 0 atom stereocenters. The van der Waals surface area contributed by atoms with Gasteiger partial charge in [0.25, 0.3) is 5.91 Å². The molecule has 0 aliphatic heterocycles. The van der Waals surface area contributed by atoms with E-state index in [1.165, 1.54) is 6.92 Å². The first-order valence-electron chi connectivity index (χ1n) is 7.61. The summed E-state index contributed by atoms with van der Waals surface area (Å²) in [5, 5.41) is 2.73. The second-order valence-electron chi connectivity index (χ2n) is 5.22. The van der Waals surface area contributed by atoms with Gasteiger partial charge in [-0.05, 0) is 41.8 Å². The SMILES string of the molecule is CCCNNC(=O)c1ccc(-c2ccc(NC(C)=O)cc2)cc1. The van der Waals surface area contributed by atoms with Gasteiger partial charge < -0.3 is 5.32 Å². The molecule has 0 saturated carbocycles. The molecule has 23 heavy (non-hydrogen) atoms. The van der Waals surface area contributed by atoms with E-state index in [2.05, 4.69) is 16.2 Å². The molecule has 0 aliphatic rings. The zero-order valence-electron chi connectivity index (χ0n) is 13.3. The van der Waals surface area contributed by atoms with E-state index in [0.29, 0.717) is 5.56 Å². The molecule has 0 saturated heterocycles. The third-order valence-electron chi connectivity index (χ3n) is 3.26. The Morgan fingerprint density at radius 1 is 0.913 bits per heavy atom. The Balaban J connectivity index is 2.04. The number of nitrogens with one attached hydrogen (secondary N) is 3. The van der Waals surface area contributed by atoms with E-state index in [1.54, 1.807) is 12.1 Å². The first-order valence-corrected chi connectivity index (χ1v) is 7.61. The molecule has 120 valence electrons. The van der Waals surface area contributed by atoms with Crippen LogP contribution >= 0.6 is 0 Å². The van der Waals surface area contributed by atoms with Gasteiger partial charge >= 0.3 is 0 Å². The van der Waals surface area contributed by atoms with E-state index in [1.807, 2.05) is 43.3 Å². The Morgan fingerprint density at radius 2 is 1.48 bits per heavy atom. The Morgan fingerprint density at radius 3 is 2.00 bits per heavy atom. The topological polar surface area (TPSA) is 70.2 Å². The standard InChI is InChI=1S/C18H21N3O2/c1-3-12-19-21-18(23)16-6-4-14(5-7-16)15-8-10-17(11-9-15)20-13(2)22/h4-11,19H,3,12H2,1-2H3,(H,20,22)(H,21,23). The normalized spacial score (nSPS) is 10.2.